The zero-order valence-corrected chi connectivity index (χ0v) is 32.8. The number of amides is 4. The second-order valence-corrected chi connectivity index (χ2v) is 15.8. The molecule has 0 bridgehead atoms. The molecule has 2 N–H and O–H groups in total. The predicted octanol–water partition coefficient (Wildman–Crippen LogP) is 7.14. The molecule has 5 aromatic rings. The van der Waals surface area contributed by atoms with Crippen LogP contribution in [0.4, 0.5) is 10.1 Å². The van der Waals surface area contributed by atoms with E-state index < -0.39 is 5.82 Å². The second kappa shape index (κ2) is 16.0. The fraction of sp³-hybridized carbons (Fsp3) is 0.341. The maximum atomic E-state index is 16.6. The van der Waals surface area contributed by atoms with E-state index in [1.807, 2.05) is 42.6 Å². The third kappa shape index (κ3) is 7.83. The number of aromatic amines is 1. The Hall–Kier alpha value is -5.75. The Kier molecular flexibility index (Phi) is 10.7. The Labute approximate surface area is 335 Å². The first-order valence-corrected chi connectivity index (χ1v) is 19.9. The molecule has 57 heavy (non-hydrogen) atoms. The van der Waals surface area contributed by atoms with E-state index in [0.29, 0.717) is 66.4 Å². The lowest BCUT2D eigenvalue weighted by atomic mass is 9.87. The smallest absolute Gasteiger partial charge is 0.269 e. The highest BCUT2D eigenvalue weighted by Crippen LogP contribution is 2.40. The molecule has 8 rings (SSSR count). The van der Waals surface area contributed by atoms with Crippen LogP contribution in [-0.2, 0) is 20.9 Å². The maximum absolute atomic E-state index is 16.6. The second-order valence-electron chi connectivity index (χ2n) is 15.4. The number of halogens is 2. The van der Waals surface area contributed by atoms with Crippen LogP contribution in [0, 0.1) is 5.82 Å². The Morgan fingerprint density at radius 2 is 1.74 bits per heavy atom. The Bertz CT molecular complexity index is 2380. The van der Waals surface area contributed by atoms with E-state index in [1.165, 1.54) is 10.5 Å². The molecule has 0 aliphatic carbocycles. The van der Waals surface area contributed by atoms with E-state index in [2.05, 4.69) is 44.6 Å². The number of hydrogen-bond donors (Lipinski definition) is 2. The summed E-state index contributed by atoms with van der Waals surface area (Å²) in [6, 6.07) is 19.6. The van der Waals surface area contributed by atoms with Crippen molar-refractivity contribution in [2.24, 2.45) is 0 Å². The monoisotopic (exact) mass is 789 g/mol. The van der Waals surface area contributed by atoms with Crippen LogP contribution in [0.15, 0.2) is 79.1 Å². The van der Waals surface area contributed by atoms with Crippen LogP contribution in [0.1, 0.15) is 77.5 Å². The Morgan fingerprint density at radius 3 is 2.44 bits per heavy atom. The highest BCUT2D eigenvalue weighted by Gasteiger charge is 2.30. The summed E-state index contributed by atoms with van der Waals surface area (Å²) in [5.41, 5.74) is 6.38. The quantitative estimate of drug-likeness (QED) is 0.153. The van der Waals surface area contributed by atoms with Gasteiger partial charge in [0.2, 0.25) is 17.7 Å². The molecular formula is C44H45ClFN7O4. The molecule has 2 fully saturated rings. The normalized spacial score (nSPS) is 17.8. The zero-order valence-electron chi connectivity index (χ0n) is 32.1. The number of hydrogen-bond acceptors (Lipinski definition) is 6. The third-order valence-corrected chi connectivity index (χ3v) is 11.9. The topological polar surface area (TPSA) is 124 Å². The number of nitrogens with zero attached hydrogens (tertiary/aromatic N) is 5. The van der Waals surface area contributed by atoms with E-state index in [1.54, 1.807) is 35.9 Å². The molecule has 3 aliphatic rings. The van der Waals surface area contributed by atoms with Crippen LogP contribution in [0.3, 0.4) is 0 Å². The molecule has 1 unspecified atom stereocenters. The summed E-state index contributed by atoms with van der Waals surface area (Å²) in [6.07, 6.45) is 9.08. The predicted molar refractivity (Wildman–Crippen MR) is 218 cm³/mol. The molecule has 294 valence electrons. The van der Waals surface area contributed by atoms with Gasteiger partial charge in [-0.1, -0.05) is 48.0 Å². The van der Waals surface area contributed by atoms with Gasteiger partial charge >= 0.3 is 0 Å². The van der Waals surface area contributed by atoms with Gasteiger partial charge in [-0.3, -0.25) is 29.2 Å². The molecule has 4 amide bonds. The molecule has 13 heteroatoms. The van der Waals surface area contributed by atoms with Gasteiger partial charge in [0.1, 0.15) is 5.69 Å². The van der Waals surface area contributed by atoms with Crippen molar-refractivity contribution < 1.29 is 23.6 Å². The molecule has 1 atom stereocenters. The van der Waals surface area contributed by atoms with E-state index in [0.717, 1.165) is 53.9 Å². The lowest BCUT2D eigenvalue weighted by Gasteiger charge is -2.34. The van der Waals surface area contributed by atoms with E-state index in [4.69, 9.17) is 11.6 Å². The molecule has 3 aliphatic heterocycles. The van der Waals surface area contributed by atoms with Crippen molar-refractivity contribution in [3.8, 4) is 11.1 Å². The van der Waals surface area contributed by atoms with Crippen LogP contribution in [0.5, 0.6) is 0 Å². The van der Waals surface area contributed by atoms with Gasteiger partial charge in [-0.15, -0.1) is 0 Å². The maximum Gasteiger partial charge on any atom is 0.269 e. The Morgan fingerprint density at radius 1 is 0.965 bits per heavy atom. The number of aryl methyl sites for hydroxylation is 1. The summed E-state index contributed by atoms with van der Waals surface area (Å²) >= 11 is 6.77. The summed E-state index contributed by atoms with van der Waals surface area (Å²) in [7, 11) is 3.33. The summed E-state index contributed by atoms with van der Waals surface area (Å²) in [6.45, 7) is 2.96. The van der Waals surface area contributed by atoms with Gasteiger partial charge in [-0.2, -0.15) is 5.10 Å². The number of piperidine rings is 2. The van der Waals surface area contributed by atoms with Crippen molar-refractivity contribution in [3.63, 3.8) is 0 Å². The lowest BCUT2D eigenvalue weighted by Crippen LogP contribution is -2.39. The molecule has 2 saturated heterocycles. The van der Waals surface area contributed by atoms with Crippen molar-refractivity contribution in [1.82, 2.24) is 29.9 Å². The molecule has 0 radical (unpaired) electrons. The summed E-state index contributed by atoms with van der Waals surface area (Å²) in [4.78, 5) is 58.9. The van der Waals surface area contributed by atoms with Crippen molar-refractivity contribution in [3.05, 3.63) is 112 Å². The number of carbonyl (C=O) groups is 4. The molecule has 3 aromatic carbocycles. The van der Waals surface area contributed by atoms with E-state index >= 15 is 4.39 Å². The number of anilines is 1. The number of carbonyl (C=O) groups excluding carboxylic acids is 4. The molecule has 11 nitrogen and oxygen atoms in total. The van der Waals surface area contributed by atoms with Crippen LogP contribution >= 0.6 is 11.6 Å². The molecule has 5 heterocycles. The minimum Gasteiger partial charge on any atom is -0.370 e. The zero-order chi connectivity index (χ0) is 39.8. The number of nitrogens with one attached hydrogen (secondary N) is 2. The van der Waals surface area contributed by atoms with Gasteiger partial charge in [0.25, 0.3) is 5.91 Å². The first-order valence-electron chi connectivity index (χ1n) is 19.5. The van der Waals surface area contributed by atoms with Crippen molar-refractivity contribution in [1.29, 1.82) is 0 Å². The third-order valence-electron chi connectivity index (χ3n) is 11.6. The number of fused-ring (bicyclic) bond motifs is 1. The molecular weight excluding hydrogens is 745 g/mol. The number of rotatable bonds is 9. The van der Waals surface area contributed by atoms with Gasteiger partial charge in [0.05, 0.1) is 22.1 Å². The summed E-state index contributed by atoms with van der Waals surface area (Å²) < 4.78 is 18.3. The molecule has 0 saturated carbocycles. The lowest BCUT2D eigenvalue weighted by molar-refractivity contribution is -0.134. The average molecular weight is 790 g/mol. The Balaban J connectivity index is 1.01. The van der Waals surface area contributed by atoms with Crippen LogP contribution in [0.2, 0.25) is 5.02 Å². The van der Waals surface area contributed by atoms with E-state index in [9.17, 15) is 19.2 Å². The number of benzene rings is 3. The van der Waals surface area contributed by atoms with Crippen molar-refractivity contribution in [2.75, 3.05) is 45.2 Å². The molecule has 0 spiro atoms. The van der Waals surface area contributed by atoms with Gasteiger partial charge < -0.3 is 19.7 Å². The average Bonchev–Trinajstić information content (AvgIpc) is 3.92. The standard InChI is InChI=1S/C44H45ClFN7O4/c1-50(2)44(57)37-25-35-33(24-34(41(46)42(35)48-37)31-5-3-18-52(26-31)40(55)16-22-53-19-4-17-47-53)29-8-6-27(7-9-29)28-14-20-51(21-15-28)38-12-10-30(23-36(38)45)32-11-13-39(54)49-43(32)56/h4-10,12,17,19,23-25,28,32,48H,3,11,13-16,18,20-22,26H2,1-2H3,(H,49,54,56). The SMILES string of the molecule is CN(C)C(=O)c1cc2c(-c3ccc(C4CCN(c5ccc(C6CCC(=O)NC6=O)cc5Cl)CC4)cc3)cc(C3=CCCN(C(=O)CCn4cccn4)C3)c(F)c2[nH]1. The minimum atomic E-state index is -0.447. The van der Waals surface area contributed by atoms with Crippen LogP contribution in [0.25, 0.3) is 27.6 Å². The van der Waals surface area contributed by atoms with Crippen molar-refractivity contribution in [2.45, 2.75) is 56.9 Å². The fourth-order valence-electron chi connectivity index (χ4n) is 8.44. The number of imide groups is 1. The number of aromatic nitrogens is 3. The van der Waals surface area contributed by atoms with Gasteiger partial charge in [0, 0.05) is 83.0 Å². The summed E-state index contributed by atoms with van der Waals surface area (Å²) in [5, 5.41) is 7.84. The fourth-order valence-corrected chi connectivity index (χ4v) is 8.75. The van der Waals surface area contributed by atoms with Crippen molar-refractivity contribution >= 4 is 57.4 Å². The van der Waals surface area contributed by atoms with Crippen LogP contribution < -0.4 is 10.2 Å². The highest BCUT2D eigenvalue weighted by atomic mass is 35.5. The first kappa shape index (κ1) is 38.1. The van der Waals surface area contributed by atoms with Crippen LogP contribution in [-0.4, -0.2) is 88.5 Å². The summed E-state index contributed by atoms with van der Waals surface area (Å²) in [5.74, 6) is -1.27. The minimum absolute atomic E-state index is 0.0104. The van der Waals surface area contributed by atoms with Gasteiger partial charge in [-0.05, 0) is 89.8 Å². The van der Waals surface area contributed by atoms with Gasteiger partial charge in [0.15, 0.2) is 5.82 Å². The van der Waals surface area contributed by atoms with Gasteiger partial charge in [-0.25, -0.2) is 4.39 Å². The highest BCUT2D eigenvalue weighted by molar-refractivity contribution is 6.33. The number of H-pyrrole nitrogens is 1. The first-order chi connectivity index (χ1) is 27.5. The van der Waals surface area contributed by atoms with E-state index in [-0.39, 0.29) is 41.6 Å². The molecule has 2 aromatic heterocycles. The largest absolute Gasteiger partial charge is 0.370 e.